The Kier molecular flexibility index (Phi) is 32.0. The zero-order valence-corrected chi connectivity index (χ0v) is 31.3. The first kappa shape index (κ1) is 46.7. The number of ether oxygens (including phenoxy) is 2. The maximum absolute atomic E-state index is 12.4. The van der Waals surface area contributed by atoms with E-state index in [0.717, 1.165) is 57.8 Å². The molecule has 3 atom stereocenters. The summed E-state index contributed by atoms with van der Waals surface area (Å²) in [5.41, 5.74) is 0. The normalized spacial score (nSPS) is 13.9. The first-order valence-corrected chi connectivity index (χ1v) is 20.7. The fourth-order valence-electron chi connectivity index (χ4n) is 5.45. The van der Waals surface area contributed by atoms with Gasteiger partial charge in [0, 0.05) is 12.8 Å². The summed E-state index contributed by atoms with van der Waals surface area (Å²) in [6.45, 7) is 3.49. The molecule has 0 unspecified atom stereocenters. The molecule has 0 aliphatic heterocycles. The van der Waals surface area contributed by atoms with Gasteiger partial charge in [-0.3, -0.25) is 14.1 Å². The maximum atomic E-state index is 12.4. The van der Waals surface area contributed by atoms with E-state index >= 15 is 0 Å². The molecule has 0 aromatic rings. The molecule has 0 spiro atoms. The summed E-state index contributed by atoms with van der Waals surface area (Å²) in [6, 6.07) is 0. The zero-order valence-electron chi connectivity index (χ0n) is 30.4. The number of aliphatic hydroxyl groups is 2. The summed E-state index contributed by atoms with van der Waals surface area (Å²) in [4.78, 5) is 42.7. The minimum atomic E-state index is -4.78. The summed E-state index contributed by atoms with van der Waals surface area (Å²) in [5.74, 6) is -0.991. The highest BCUT2D eigenvalue weighted by Gasteiger charge is 2.23. The van der Waals surface area contributed by atoms with Crippen molar-refractivity contribution in [3.8, 4) is 0 Å². The molecule has 4 N–H and O–H groups in total. The number of carbonyl (C=O) groups is 2. The molecule has 0 fully saturated rings. The third-order valence-corrected chi connectivity index (χ3v) is 8.97. The topological polar surface area (TPSA) is 160 Å². The van der Waals surface area contributed by atoms with Gasteiger partial charge in [-0.05, 0) is 38.5 Å². The standard InChI is InChI=1S/C37H71O10P/c1-3-5-7-9-11-12-13-14-15-16-17-21-25-29-36(40)45-31-33(32-46-48(42,43)44)47-37(41)30-26-22-18-20-24-28-35(39)34(38)27-23-19-10-8-6-4-2/h19,23,33-35,38-39H,3-18,20-22,24-32H2,1-2H3,(H2,42,43,44)/b23-19-/t33-,34+,35+/m1/s1. The van der Waals surface area contributed by atoms with Crippen LogP contribution < -0.4 is 0 Å². The number of rotatable bonds is 35. The summed E-state index contributed by atoms with van der Waals surface area (Å²) in [7, 11) is -4.78. The first-order valence-electron chi connectivity index (χ1n) is 19.1. The third-order valence-electron chi connectivity index (χ3n) is 8.48. The van der Waals surface area contributed by atoms with Crippen LogP contribution in [-0.4, -0.2) is 63.5 Å². The van der Waals surface area contributed by atoms with E-state index in [9.17, 15) is 24.4 Å². The molecule has 0 aliphatic carbocycles. The molecule has 0 amide bonds. The minimum absolute atomic E-state index is 0.116. The van der Waals surface area contributed by atoms with E-state index < -0.39 is 44.7 Å². The third kappa shape index (κ3) is 33.2. The van der Waals surface area contributed by atoms with Crippen molar-refractivity contribution in [1.29, 1.82) is 0 Å². The Morgan fingerprint density at radius 1 is 0.604 bits per heavy atom. The van der Waals surface area contributed by atoms with Gasteiger partial charge >= 0.3 is 19.8 Å². The predicted octanol–water partition coefficient (Wildman–Crippen LogP) is 9.01. The van der Waals surface area contributed by atoms with E-state index in [1.807, 2.05) is 6.08 Å². The second-order valence-electron chi connectivity index (χ2n) is 13.2. The SMILES string of the molecule is CCCCC/C=C\C[C@H](O)[C@@H](O)CCCCCCCC(=O)O[C@H](COC(=O)CCCCCCCCCCCCCCC)COP(=O)(O)O. The van der Waals surface area contributed by atoms with Crippen LogP contribution in [0, 0.1) is 0 Å². The van der Waals surface area contributed by atoms with E-state index in [-0.39, 0.29) is 19.4 Å². The van der Waals surface area contributed by atoms with E-state index in [2.05, 4.69) is 24.4 Å². The lowest BCUT2D eigenvalue weighted by atomic mass is 10.0. The van der Waals surface area contributed by atoms with Crippen LogP contribution in [0.5, 0.6) is 0 Å². The summed E-state index contributed by atoms with van der Waals surface area (Å²) >= 11 is 0. The van der Waals surface area contributed by atoms with Gasteiger partial charge in [-0.25, -0.2) is 4.57 Å². The Bertz CT molecular complexity index is 831. The highest BCUT2D eigenvalue weighted by Crippen LogP contribution is 2.36. The Balaban J connectivity index is 4.08. The summed E-state index contributed by atoms with van der Waals surface area (Å²) < 4.78 is 26.2. The minimum Gasteiger partial charge on any atom is -0.462 e. The van der Waals surface area contributed by atoms with Gasteiger partial charge in [-0.15, -0.1) is 0 Å². The van der Waals surface area contributed by atoms with Crippen molar-refractivity contribution in [1.82, 2.24) is 0 Å². The Labute approximate surface area is 292 Å². The number of esters is 2. The molecule has 10 nitrogen and oxygen atoms in total. The number of hydrogen-bond donors (Lipinski definition) is 4. The van der Waals surface area contributed by atoms with Gasteiger partial charge in [0.2, 0.25) is 0 Å². The molecule has 284 valence electrons. The highest BCUT2D eigenvalue weighted by molar-refractivity contribution is 7.46. The number of phosphoric ester groups is 1. The van der Waals surface area contributed by atoms with Crippen LogP contribution >= 0.6 is 7.82 Å². The van der Waals surface area contributed by atoms with Gasteiger partial charge < -0.3 is 29.5 Å². The van der Waals surface area contributed by atoms with Crippen molar-refractivity contribution in [2.75, 3.05) is 13.2 Å². The lowest BCUT2D eigenvalue weighted by Gasteiger charge is -2.18. The van der Waals surface area contributed by atoms with Crippen LogP contribution in [-0.2, 0) is 28.2 Å². The molecular weight excluding hydrogens is 635 g/mol. The molecule has 0 aromatic heterocycles. The fraction of sp³-hybridized carbons (Fsp3) is 0.892. The van der Waals surface area contributed by atoms with E-state index in [1.165, 1.54) is 70.6 Å². The molecule has 11 heteroatoms. The second-order valence-corrected chi connectivity index (χ2v) is 14.5. The maximum Gasteiger partial charge on any atom is 0.469 e. The van der Waals surface area contributed by atoms with Crippen molar-refractivity contribution >= 4 is 19.8 Å². The summed E-state index contributed by atoms with van der Waals surface area (Å²) in [6.07, 6.45) is 26.7. The van der Waals surface area contributed by atoms with Gasteiger partial charge in [-0.1, -0.05) is 142 Å². The number of carbonyl (C=O) groups excluding carboxylic acids is 2. The molecule has 0 rings (SSSR count). The molecule has 48 heavy (non-hydrogen) atoms. The van der Waals surface area contributed by atoms with Gasteiger partial charge in [0.25, 0.3) is 0 Å². The molecule has 0 aliphatic rings. The number of aliphatic hydroxyl groups excluding tert-OH is 2. The Morgan fingerprint density at radius 2 is 1.08 bits per heavy atom. The van der Waals surface area contributed by atoms with E-state index in [0.29, 0.717) is 25.7 Å². The summed E-state index contributed by atoms with van der Waals surface area (Å²) in [5, 5.41) is 20.3. The van der Waals surface area contributed by atoms with Crippen LogP contribution in [0.2, 0.25) is 0 Å². The lowest BCUT2D eigenvalue weighted by molar-refractivity contribution is -0.161. The van der Waals surface area contributed by atoms with Crippen LogP contribution in [0.25, 0.3) is 0 Å². The molecule has 0 aromatic carbocycles. The van der Waals surface area contributed by atoms with Gasteiger partial charge in [0.15, 0.2) is 6.10 Å². The number of allylic oxidation sites excluding steroid dienone is 1. The van der Waals surface area contributed by atoms with Crippen molar-refractivity contribution in [2.45, 2.75) is 199 Å². The van der Waals surface area contributed by atoms with Crippen molar-refractivity contribution in [3.63, 3.8) is 0 Å². The Morgan fingerprint density at radius 3 is 1.62 bits per heavy atom. The van der Waals surface area contributed by atoms with Crippen LogP contribution in [0.3, 0.4) is 0 Å². The zero-order chi connectivity index (χ0) is 35.7. The average molecular weight is 707 g/mol. The molecular formula is C37H71O10P. The second kappa shape index (κ2) is 32.9. The number of unbranched alkanes of at least 4 members (excludes halogenated alkanes) is 19. The smallest absolute Gasteiger partial charge is 0.462 e. The molecule has 0 radical (unpaired) electrons. The van der Waals surface area contributed by atoms with Crippen LogP contribution in [0.4, 0.5) is 0 Å². The molecule has 0 bridgehead atoms. The van der Waals surface area contributed by atoms with Crippen molar-refractivity contribution in [3.05, 3.63) is 12.2 Å². The monoisotopic (exact) mass is 706 g/mol. The largest absolute Gasteiger partial charge is 0.469 e. The van der Waals surface area contributed by atoms with Crippen LogP contribution in [0.1, 0.15) is 181 Å². The van der Waals surface area contributed by atoms with E-state index in [4.69, 9.17) is 19.3 Å². The number of phosphoric acid groups is 1. The van der Waals surface area contributed by atoms with Gasteiger partial charge in [0.05, 0.1) is 18.8 Å². The van der Waals surface area contributed by atoms with E-state index in [1.54, 1.807) is 0 Å². The van der Waals surface area contributed by atoms with Crippen molar-refractivity contribution in [2.24, 2.45) is 0 Å². The van der Waals surface area contributed by atoms with Gasteiger partial charge in [-0.2, -0.15) is 0 Å². The average Bonchev–Trinajstić information content (AvgIpc) is 3.05. The molecule has 0 saturated heterocycles. The molecule has 0 saturated carbocycles. The highest BCUT2D eigenvalue weighted by atomic mass is 31.2. The lowest BCUT2D eigenvalue weighted by Crippen LogP contribution is -2.29. The first-order chi connectivity index (χ1) is 23.1. The van der Waals surface area contributed by atoms with Gasteiger partial charge in [0.1, 0.15) is 6.61 Å². The molecule has 0 heterocycles. The predicted molar refractivity (Wildman–Crippen MR) is 191 cm³/mol. The van der Waals surface area contributed by atoms with Crippen LogP contribution in [0.15, 0.2) is 12.2 Å². The van der Waals surface area contributed by atoms with Crippen molar-refractivity contribution < 1.29 is 48.2 Å². The Hall–Kier alpha value is -1.29. The quantitative estimate of drug-likeness (QED) is 0.0217. The number of hydrogen-bond acceptors (Lipinski definition) is 8. The fourth-order valence-corrected chi connectivity index (χ4v) is 5.82.